The highest BCUT2D eigenvalue weighted by molar-refractivity contribution is 5.85. The van der Waals surface area contributed by atoms with E-state index in [9.17, 15) is 23.9 Å². The number of rotatable bonds is 6. The Labute approximate surface area is 196 Å². The van der Waals surface area contributed by atoms with Crippen LogP contribution in [-0.4, -0.2) is 56.2 Å². The van der Waals surface area contributed by atoms with Crippen molar-refractivity contribution in [3.8, 4) is 0 Å². The third kappa shape index (κ3) is 5.22. The van der Waals surface area contributed by atoms with Gasteiger partial charge in [-0.1, -0.05) is 0 Å². The fourth-order valence-electron chi connectivity index (χ4n) is 4.58. The largest absolute Gasteiger partial charge is 0.388 e. The minimum atomic E-state index is -1.18. The van der Waals surface area contributed by atoms with Gasteiger partial charge in [0.25, 0.3) is 5.56 Å². The van der Waals surface area contributed by atoms with Crippen molar-refractivity contribution in [3.63, 3.8) is 0 Å². The number of piperidine rings is 1. The van der Waals surface area contributed by atoms with Gasteiger partial charge < -0.3 is 20.7 Å². The molecule has 180 valence electrons. The van der Waals surface area contributed by atoms with E-state index in [0.29, 0.717) is 57.3 Å². The molecule has 0 radical (unpaired) electrons. The maximum absolute atomic E-state index is 13.1. The van der Waals surface area contributed by atoms with Crippen LogP contribution in [0.2, 0.25) is 0 Å². The highest BCUT2D eigenvalue weighted by Crippen LogP contribution is 2.28. The molecule has 1 saturated heterocycles. The predicted octanol–water partition coefficient (Wildman–Crippen LogP) is 2.24. The van der Waals surface area contributed by atoms with Crippen LogP contribution in [0.5, 0.6) is 0 Å². The van der Waals surface area contributed by atoms with E-state index in [-0.39, 0.29) is 35.5 Å². The fraction of sp³-hybridized carbons (Fsp3) is 0.458. The molecule has 0 bridgehead atoms. The molecule has 1 saturated carbocycles. The SMILES string of the molecule is N=Cc1c(Nc2ccc(F)cc2)ncn(CC2(O)CCN(C(=O)C3CCC(=O)CC3)CC2)c1=O. The van der Waals surface area contributed by atoms with Crippen LogP contribution in [0.4, 0.5) is 15.9 Å². The number of nitrogens with zero attached hydrogens (tertiary/aromatic N) is 3. The highest BCUT2D eigenvalue weighted by Gasteiger charge is 2.37. The number of anilines is 2. The maximum atomic E-state index is 13.1. The molecule has 4 rings (SSSR count). The van der Waals surface area contributed by atoms with Gasteiger partial charge in [0.2, 0.25) is 5.91 Å². The summed E-state index contributed by atoms with van der Waals surface area (Å²) in [4.78, 5) is 43.2. The first-order valence-corrected chi connectivity index (χ1v) is 11.4. The van der Waals surface area contributed by atoms with Crippen LogP contribution in [-0.2, 0) is 16.1 Å². The number of amides is 1. The standard InChI is InChI=1S/C24H28FN5O4/c25-17-3-5-18(6-4-17)28-21-20(13-26)23(33)30(15-27-21)14-24(34)9-11-29(12-10-24)22(32)16-1-7-19(31)8-2-16/h3-6,13,15-16,26,28,34H,1-2,7-12,14H2. The Balaban J connectivity index is 1.41. The monoisotopic (exact) mass is 469 g/mol. The Morgan fingerprint density at radius 1 is 1.21 bits per heavy atom. The van der Waals surface area contributed by atoms with Crippen molar-refractivity contribution >= 4 is 29.4 Å². The topological polar surface area (TPSA) is 128 Å². The second kappa shape index (κ2) is 9.84. The molecule has 2 heterocycles. The molecular formula is C24H28FN5O4. The van der Waals surface area contributed by atoms with Crippen molar-refractivity contribution in [1.29, 1.82) is 5.41 Å². The van der Waals surface area contributed by atoms with E-state index < -0.39 is 17.0 Å². The third-order valence-electron chi connectivity index (χ3n) is 6.69. The Hall–Kier alpha value is -3.40. The third-order valence-corrected chi connectivity index (χ3v) is 6.69. The summed E-state index contributed by atoms with van der Waals surface area (Å²) in [6, 6.07) is 5.54. The summed E-state index contributed by atoms with van der Waals surface area (Å²) >= 11 is 0. The number of benzene rings is 1. The van der Waals surface area contributed by atoms with Crippen molar-refractivity contribution in [2.24, 2.45) is 5.92 Å². The number of carbonyl (C=O) groups is 2. The smallest absolute Gasteiger partial charge is 0.264 e. The molecule has 3 N–H and O–H groups in total. The zero-order valence-corrected chi connectivity index (χ0v) is 18.8. The van der Waals surface area contributed by atoms with Crippen molar-refractivity contribution in [2.45, 2.75) is 50.7 Å². The van der Waals surface area contributed by atoms with E-state index in [4.69, 9.17) is 5.41 Å². The van der Waals surface area contributed by atoms with Gasteiger partial charge in [0, 0.05) is 43.8 Å². The Morgan fingerprint density at radius 3 is 2.47 bits per heavy atom. The molecule has 9 nitrogen and oxygen atoms in total. The van der Waals surface area contributed by atoms with Crippen molar-refractivity contribution in [1.82, 2.24) is 14.5 Å². The summed E-state index contributed by atoms with van der Waals surface area (Å²) < 4.78 is 14.4. The predicted molar refractivity (Wildman–Crippen MR) is 124 cm³/mol. The van der Waals surface area contributed by atoms with Crippen LogP contribution >= 0.6 is 0 Å². The van der Waals surface area contributed by atoms with Crippen LogP contribution in [0.25, 0.3) is 0 Å². The van der Waals surface area contributed by atoms with Gasteiger partial charge in [-0.25, -0.2) is 9.37 Å². The summed E-state index contributed by atoms with van der Waals surface area (Å²) in [6.45, 7) is 0.754. The number of ketones is 1. The lowest BCUT2D eigenvalue weighted by Gasteiger charge is -2.40. The van der Waals surface area contributed by atoms with E-state index >= 15 is 0 Å². The van der Waals surface area contributed by atoms with Crippen LogP contribution in [0.15, 0.2) is 35.4 Å². The van der Waals surface area contributed by atoms with Crippen LogP contribution < -0.4 is 10.9 Å². The van der Waals surface area contributed by atoms with Gasteiger partial charge in [0.05, 0.1) is 18.5 Å². The average molecular weight is 470 g/mol. The highest BCUT2D eigenvalue weighted by atomic mass is 19.1. The van der Waals surface area contributed by atoms with Crippen LogP contribution in [0.3, 0.4) is 0 Å². The number of aromatic nitrogens is 2. The van der Waals surface area contributed by atoms with Crippen LogP contribution in [0.1, 0.15) is 44.1 Å². The Bertz CT molecular complexity index is 1130. The zero-order chi connectivity index (χ0) is 24.3. The average Bonchev–Trinajstić information content (AvgIpc) is 2.83. The second-order valence-electron chi connectivity index (χ2n) is 9.08. The molecule has 1 amide bonds. The van der Waals surface area contributed by atoms with Gasteiger partial charge in [-0.15, -0.1) is 0 Å². The van der Waals surface area contributed by atoms with E-state index in [0.717, 1.165) is 6.21 Å². The van der Waals surface area contributed by atoms with Gasteiger partial charge in [-0.3, -0.25) is 19.0 Å². The van der Waals surface area contributed by atoms with Crippen molar-refractivity contribution in [3.05, 3.63) is 52.3 Å². The Morgan fingerprint density at radius 2 is 1.85 bits per heavy atom. The molecule has 1 aliphatic heterocycles. The van der Waals surface area contributed by atoms with Crippen LogP contribution in [0, 0.1) is 17.1 Å². The molecule has 0 spiro atoms. The molecule has 1 aromatic heterocycles. The molecule has 10 heteroatoms. The van der Waals surface area contributed by atoms with Crippen molar-refractivity contribution < 1.29 is 19.1 Å². The number of nitrogens with one attached hydrogen (secondary N) is 2. The molecule has 2 aromatic rings. The number of Topliss-reactive ketones (excluding diaryl/α,β-unsaturated/α-hetero) is 1. The van der Waals surface area contributed by atoms with Gasteiger partial charge in [-0.2, -0.15) is 0 Å². The van der Waals surface area contributed by atoms with E-state index in [1.165, 1.54) is 35.2 Å². The zero-order valence-electron chi connectivity index (χ0n) is 18.8. The second-order valence-corrected chi connectivity index (χ2v) is 9.08. The minimum absolute atomic E-state index is 0.00351. The van der Waals surface area contributed by atoms with E-state index in [1.807, 2.05) is 0 Å². The first-order chi connectivity index (χ1) is 16.3. The quantitative estimate of drug-likeness (QED) is 0.557. The summed E-state index contributed by atoms with van der Waals surface area (Å²) in [7, 11) is 0. The molecule has 0 atom stereocenters. The van der Waals surface area contributed by atoms with Gasteiger partial charge in [0.1, 0.15) is 23.0 Å². The number of aliphatic hydroxyl groups is 1. The molecule has 2 aliphatic rings. The number of likely N-dealkylation sites (tertiary alicyclic amines) is 1. The number of hydrogen-bond acceptors (Lipinski definition) is 7. The summed E-state index contributed by atoms with van der Waals surface area (Å²) in [6.07, 6.45) is 4.91. The first kappa shape index (κ1) is 23.7. The molecule has 34 heavy (non-hydrogen) atoms. The lowest BCUT2D eigenvalue weighted by Crippen LogP contribution is -2.51. The number of hydrogen-bond donors (Lipinski definition) is 3. The summed E-state index contributed by atoms with van der Waals surface area (Å²) in [5.74, 6) is -0.112. The molecule has 1 aliphatic carbocycles. The lowest BCUT2D eigenvalue weighted by molar-refractivity contribution is -0.142. The first-order valence-electron chi connectivity index (χ1n) is 11.4. The van der Waals surface area contributed by atoms with E-state index in [1.54, 1.807) is 4.90 Å². The molecule has 0 unspecified atom stereocenters. The van der Waals surface area contributed by atoms with Gasteiger partial charge in [-0.05, 0) is 49.9 Å². The number of carbonyl (C=O) groups excluding carboxylic acids is 2. The van der Waals surface area contributed by atoms with Gasteiger partial charge >= 0.3 is 0 Å². The molecule has 1 aromatic carbocycles. The molecule has 2 fully saturated rings. The molecular weight excluding hydrogens is 441 g/mol. The van der Waals surface area contributed by atoms with E-state index in [2.05, 4.69) is 10.3 Å². The normalized spacial score (nSPS) is 18.5. The Kier molecular flexibility index (Phi) is 6.87. The lowest BCUT2D eigenvalue weighted by atomic mass is 9.85. The number of halogens is 1. The van der Waals surface area contributed by atoms with Crippen molar-refractivity contribution in [2.75, 3.05) is 18.4 Å². The fourth-order valence-corrected chi connectivity index (χ4v) is 4.58. The maximum Gasteiger partial charge on any atom is 0.264 e. The van der Waals surface area contributed by atoms with Gasteiger partial charge in [0.15, 0.2) is 0 Å². The summed E-state index contributed by atoms with van der Waals surface area (Å²) in [5.41, 5.74) is -1.12. The summed E-state index contributed by atoms with van der Waals surface area (Å²) in [5, 5.41) is 21.7. The minimum Gasteiger partial charge on any atom is -0.388 e.